The van der Waals surface area contributed by atoms with Crippen LogP contribution in [0.25, 0.3) is 0 Å². The number of benzene rings is 2. The van der Waals surface area contributed by atoms with Gasteiger partial charge in [0.2, 0.25) is 0 Å². The highest BCUT2D eigenvalue weighted by atomic mass is 16.1. The molecule has 3 rings (SSSR count). The lowest BCUT2D eigenvalue weighted by atomic mass is 9.98. The summed E-state index contributed by atoms with van der Waals surface area (Å²) < 4.78 is 0. The van der Waals surface area contributed by atoms with Gasteiger partial charge in [0.25, 0.3) is 0 Å². The van der Waals surface area contributed by atoms with E-state index in [1.807, 2.05) is 43.4 Å². The van der Waals surface area contributed by atoms with Crippen LogP contribution in [0.3, 0.4) is 0 Å². The van der Waals surface area contributed by atoms with Crippen LogP contribution in [0.4, 0.5) is 5.69 Å². The van der Waals surface area contributed by atoms with E-state index in [0.717, 1.165) is 24.1 Å². The predicted molar refractivity (Wildman–Crippen MR) is 82.0 cm³/mol. The van der Waals surface area contributed by atoms with Gasteiger partial charge in [-0.1, -0.05) is 48.5 Å². The van der Waals surface area contributed by atoms with E-state index >= 15 is 0 Å². The van der Waals surface area contributed by atoms with E-state index < -0.39 is 0 Å². The summed E-state index contributed by atoms with van der Waals surface area (Å²) in [5.74, 6) is 0.0758. The summed E-state index contributed by atoms with van der Waals surface area (Å²) in [6, 6.07) is 17.8. The van der Waals surface area contributed by atoms with E-state index in [-0.39, 0.29) is 5.78 Å². The fraction of sp³-hybridized carbons (Fsp3) is 0.167. The molecule has 0 fully saturated rings. The molecule has 0 unspecified atom stereocenters. The van der Waals surface area contributed by atoms with Gasteiger partial charge in [-0.25, -0.2) is 0 Å². The van der Waals surface area contributed by atoms with Crippen molar-refractivity contribution < 1.29 is 4.79 Å². The van der Waals surface area contributed by atoms with Crippen LogP contribution < -0.4 is 4.90 Å². The molecule has 100 valence electrons. The fourth-order valence-corrected chi connectivity index (χ4v) is 2.64. The summed E-state index contributed by atoms with van der Waals surface area (Å²) in [4.78, 5) is 14.4. The smallest absolute Gasteiger partial charge is 0.187 e. The van der Waals surface area contributed by atoms with Gasteiger partial charge >= 0.3 is 0 Å². The third-order valence-electron chi connectivity index (χ3n) is 3.79. The van der Waals surface area contributed by atoms with Gasteiger partial charge in [0.15, 0.2) is 5.78 Å². The summed E-state index contributed by atoms with van der Waals surface area (Å²) in [6.07, 6.45) is 3.67. The number of ketones is 1. The monoisotopic (exact) mass is 263 g/mol. The number of allylic oxidation sites excluding steroid dienone is 2. The summed E-state index contributed by atoms with van der Waals surface area (Å²) in [6.45, 7) is 0. The van der Waals surface area contributed by atoms with Crippen molar-refractivity contribution in [2.45, 2.75) is 12.8 Å². The molecule has 0 aromatic heterocycles. The number of rotatable bonds is 2. The molecule has 0 aliphatic carbocycles. The molecule has 1 aliphatic heterocycles. The Morgan fingerprint density at radius 1 is 1.00 bits per heavy atom. The van der Waals surface area contributed by atoms with Crippen molar-refractivity contribution in [3.63, 3.8) is 0 Å². The van der Waals surface area contributed by atoms with E-state index in [4.69, 9.17) is 0 Å². The molecule has 2 aromatic rings. The second kappa shape index (κ2) is 5.33. The SMILES string of the molecule is CN1C(=CC(=O)c2ccccc2)CCc2ccccc21. The Balaban J connectivity index is 1.89. The number of carbonyl (C=O) groups is 1. The third-order valence-corrected chi connectivity index (χ3v) is 3.79. The van der Waals surface area contributed by atoms with E-state index in [1.54, 1.807) is 6.08 Å². The van der Waals surface area contributed by atoms with Crippen molar-refractivity contribution in [2.75, 3.05) is 11.9 Å². The topological polar surface area (TPSA) is 20.3 Å². The molecule has 0 atom stereocenters. The first kappa shape index (κ1) is 12.7. The Bertz CT molecular complexity index is 658. The lowest BCUT2D eigenvalue weighted by Gasteiger charge is -2.30. The van der Waals surface area contributed by atoms with Gasteiger partial charge in [-0.05, 0) is 24.5 Å². The molecule has 0 saturated heterocycles. The van der Waals surface area contributed by atoms with Gasteiger partial charge in [0.1, 0.15) is 0 Å². The molecular weight excluding hydrogens is 246 g/mol. The molecule has 0 radical (unpaired) electrons. The molecular formula is C18H17NO. The van der Waals surface area contributed by atoms with Gasteiger partial charge in [0, 0.05) is 30.1 Å². The predicted octanol–water partition coefficient (Wildman–Crippen LogP) is 3.84. The van der Waals surface area contributed by atoms with Crippen LogP contribution in [0.1, 0.15) is 22.3 Å². The summed E-state index contributed by atoms with van der Waals surface area (Å²) >= 11 is 0. The molecule has 1 heterocycles. The highest BCUT2D eigenvalue weighted by Gasteiger charge is 2.18. The summed E-state index contributed by atoms with van der Waals surface area (Å²) in [5.41, 5.74) is 4.37. The van der Waals surface area contributed by atoms with Gasteiger partial charge in [-0.15, -0.1) is 0 Å². The normalized spacial score (nSPS) is 16.1. The van der Waals surface area contributed by atoms with Crippen molar-refractivity contribution in [1.82, 2.24) is 0 Å². The molecule has 0 saturated carbocycles. The Morgan fingerprint density at radius 3 is 2.50 bits per heavy atom. The van der Waals surface area contributed by atoms with E-state index in [0.29, 0.717) is 0 Å². The Labute approximate surface area is 119 Å². The van der Waals surface area contributed by atoms with E-state index in [9.17, 15) is 4.79 Å². The number of anilines is 1. The Hall–Kier alpha value is -2.35. The van der Waals surface area contributed by atoms with Crippen LogP contribution in [0.15, 0.2) is 66.4 Å². The third kappa shape index (κ3) is 2.37. The number of hydrogen-bond donors (Lipinski definition) is 0. The largest absolute Gasteiger partial charge is 0.348 e. The molecule has 0 bridgehead atoms. The number of carbonyl (C=O) groups excluding carboxylic acids is 1. The molecule has 0 N–H and O–H groups in total. The quantitative estimate of drug-likeness (QED) is 0.606. The van der Waals surface area contributed by atoms with Crippen molar-refractivity contribution >= 4 is 11.5 Å². The zero-order valence-electron chi connectivity index (χ0n) is 11.5. The van der Waals surface area contributed by atoms with Crippen molar-refractivity contribution in [3.8, 4) is 0 Å². The number of hydrogen-bond acceptors (Lipinski definition) is 2. The number of aryl methyl sites for hydroxylation is 1. The highest BCUT2D eigenvalue weighted by molar-refractivity contribution is 6.05. The van der Waals surface area contributed by atoms with Crippen LogP contribution >= 0.6 is 0 Å². The Kier molecular flexibility index (Phi) is 3.38. The Morgan fingerprint density at radius 2 is 1.70 bits per heavy atom. The van der Waals surface area contributed by atoms with Gasteiger partial charge in [0.05, 0.1) is 0 Å². The number of para-hydroxylation sites is 1. The first-order valence-electron chi connectivity index (χ1n) is 6.87. The summed E-state index contributed by atoms with van der Waals surface area (Å²) in [5, 5.41) is 0. The van der Waals surface area contributed by atoms with Crippen molar-refractivity contribution in [3.05, 3.63) is 77.5 Å². The maximum Gasteiger partial charge on any atom is 0.187 e. The lowest BCUT2D eigenvalue weighted by Crippen LogP contribution is -2.23. The number of nitrogens with zero attached hydrogens (tertiary/aromatic N) is 1. The standard InChI is InChI=1S/C18H17NO/c1-19-16(12-11-14-7-5-6-10-17(14)19)13-18(20)15-8-3-2-4-9-15/h2-10,13H,11-12H2,1H3. The highest BCUT2D eigenvalue weighted by Crippen LogP contribution is 2.31. The van der Waals surface area contributed by atoms with Gasteiger partial charge < -0.3 is 4.90 Å². The minimum atomic E-state index is 0.0758. The van der Waals surface area contributed by atoms with Crippen LogP contribution in [0.5, 0.6) is 0 Å². The molecule has 0 amide bonds. The first-order chi connectivity index (χ1) is 9.75. The average molecular weight is 263 g/mol. The van der Waals surface area contributed by atoms with Crippen LogP contribution in [-0.4, -0.2) is 12.8 Å². The average Bonchev–Trinajstić information content (AvgIpc) is 2.51. The minimum Gasteiger partial charge on any atom is -0.348 e. The summed E-state index contributed by atoms with van der Waals surface area (Å²) in [7, 11) is 2.03. The lowest BCUT2D eigenvalue weighted by molar-refractivity contribution is 0.104. The second-order valence-corrected chi connectivity index (χ2v) is 5.05. The van der Waals surface area contributed by atoms with Gasteiger partial charge in [-0.2, -0.15) is 0 Å². The molecule has 1 aliphatic rings. The van der Waals surface area contributed by atoms with Crippen LogP contribution in [0, 0.1) is 0 Å². The van der Waals surface area contributed by atoms with Crippen molar-refractivity contribution in [1.29, 1.82) is 0 Å². The van der Waals surface area contributed by atoms with Crippen molar-refractivity contribution in [2.24, 2.45) is 0 Å². The second-order valence-electron chi connectivity index (χ2n) is 5.05. The van der Waals surface area contributed by atoms with Crippen LogP contribution in [0.2, 0.25) is 0 Å². The molecule has 0 spiro atoms. The van der Waals surface area contributed by atoms with Gasteiger partial charge in [-0.3, -0.25) is 4.79 Å². The van der Waals surface area contributed by atoms with E-state index in [2.05, 4.69) is 23.1 Å². The molecule has 2 nitrogen and oxygen atoms in total. The van der Waals surface area contributed by atoms with Crippen LogP contribution in [-0.2, 0) is 6.42 Å². The fourth-order valence-electron chi connectivity index (χ4n) is 2.64. The molecule has 20 heavy (non-hydrogen) atoms. The first-order valence-corrected chi connectivity index (χ1v) is 6.87. The molecule has 2 heteroatoms. The maximum absolute atomic E-state index is 12.3. The zero-order valence-corrected chi connectivity index (χ0v) is 11.5. The zero-order chi connectivity index (χ0) is 13.9. The number of fused-ring (bicyclic) bond motifs is 1. The van der Waals surface area contributed by atoms with E-state index in [1.165, 1.54) is 11.3 Å². The maximum atomic E-state index is 12.3. The molecule has 2 aromatic carbocycles. The minimum absolute atomic E-state index is 0.0758.